The Labute approximate surface area is 94.2 Å². The third-order valence-electron chi connectivity index (χ3n) is 2.00. The van der Waals surface area contributed by atoms with Crippen LogP contribution in [-0.2, 0) is 0 Å². The number of hydrogen-bond donors (Lipinski definition) is 0. The van der Waals surface area contributed by atoms with E-state index >= 15 is 0 Å². The molecule has 0 spiro atoms. The maximum absolute atomic E-state index is 5.45. The van der Waals surface area contributed by atoms with Gasteiger partial charge in [0.1, 0.15) is 11.5 Å². The zero-order valence-corrected chi connectivity index (χ0v) is 9.00. The van der Waals surface area contributed by atoms with E-state index in [1.54, 1.807) is 19.5 Å². The lowest BCUT2D eigenvalue weighted by molar-refractivity contribution is 0.553. The summed E-state index contributed by atoms with van der Waals surface area (Å²) in [5.74, 6) is 1.45. The molecule has 0 bridgehead atoms. The molecule has 0 fully saturated rings. The molecular weight excluding hydrogens is 200 g/mol. The highest BCUT2D eigenvalue weighted by Crippen LogP contribution is 2.10. The Morgan fingerprint density at radius 2 is 1.62 bits per heavy atom. The van der Waals surface area contributed by atoms with Crippen LogP contribution in [0.2, 0.25) is 0 Å². The van der Waals surface area contributed by atoms with E-state index in [-0.39, 0.29) is 0 Å². The Bertz CT molecular complexity index is 498. The first kappa shape index (κ1) is 10.4. The van der Waals surface area contributed by atoms with Crippen molar-refractivity contribution in [2.75, 3.05) is 7.05 Å². The second-order valence-electron chi connectivity index (χ2n) is 3.22. The van der Waals surface area contributed by atoms with Crippen LogP contribution in [0.1, 0.15) is 11.5 Å². The van der Waals surface area contributed by atoms with Crippen LogP contribution >= 0.6 is 0 Å². The molecule has 0 aliphatic heterocycles. The van der Waals surface area contributed by atoms with Crippen molar-refractivity contribution < 1.29 is 4.42 Å². The summed E-state index contributed by atoms with van der Waals surface area (Å²) in [4.78, 5) is 8.16. The van der Waals surface area contributed by atoms with Gasteiger partial charge in [0.15, 0.2) is 0 Å². The maximum atomic E-state index is 5.45. The van der Waals surface area contributed by atoms with Crippen LogP contribution in [-0.4, -0.2) is 19.5 Å². The SMILES string of the molecule is CN=Cc1ccc(C=Nc2ccccc2)o1. The Morgan fingerprint density at radius 1 is 0.938 bits per heavy atom. The van der Waals surface area contributed by atoms with Crippen LogP contribution in [0.3, 0.4) is 0 Å². The minimum Gasteiger partial charge on any atom is -0.454 e. The summed E-state index contributed by atoms with van der Waals surface area (Å²) in [5, 5.41) is 0. The first-order valence-electron chi connectivity index (χ1n) is 4.99. The largest absolute Gasteiger partial charge is 0.454 e. The quantitative estimate of drug-likeness (QED) is 0.720. The lowest BCUT2D eigenvalue weighted by Crippen LogP contribution is -1.75. The van der Waals surface area contributed by atoms with E-state index in [1.807, 2.05) is 42.5 Å². The van der Waals surface area contributed by atoms with Crippen molar-refractivity contribution in [3.05, 3.63) is 54.0 Å². The molecule has 3 nitrogen and oxygen atoms in total. The van der Waals surface area contributed by atoms with Crippen LogP contribution in [0, 0.1) is 0 Å². The van der Waals surface area contributed by atoms with Gasteiger partial charge < -0.3 is 4.42 Å². The Morgan fingerprint density at radius 3 is 2.31 bits per heavy atom. The van der Waals surface area contributed by atoms with Crippen LogP contribution in [0.15, 0.2) is 56.9 Å². The zero-order valence-electron chi connectivity index (χ0n) is 9.00. The van der Waals surface area contributed by atoms with Crippen molar-refractivity contribution in [2.45, 2.75) is 0 Å². The van der Waals surface area contributed by atoms with Crippen LogP contribution < -0.4 is 0 Å². The smallest absolute Gasteiger partial charge is 0.145 e. The summed E-state index contributed by atoms with van der Waals surface area (Å²) in [6.07, 6.45) is 3.36. The van der Waals surface area contributed by atoms with Crippen molar-refractivity contribution in [3.63, 3.8) is 0 Å². The van der Waals surface area contributed by atoms with Crippen LogP contribution in [0.5, 0.6) is 0 Å². The highest BCUT2D eigenvalue weighted by Gasteiger charge is 1.95. The second kappa shape index (κ2) is 5.07. The molecule has 0 saturated carbocycles. The van der Waals surface area contributed by atoms with Crippen molar-refractivity contribution >= 4 is 18.1 Å². The van der Waals surface area contributed by atoms with Crippen molar-refractivity contribution in [1.82, 2.24) is 0 Å². The molecule has 0 atom stereocenters. The third-order valence-corrected chi connectivity index (χ3v) is 2.00. The lowest BCUT2D eigenvalue weighted by atomic mass is 10.3. The van der Waals surface area contributed by atoms with Gasteiger partial charge >= 0.3 is 0 Å². The summed E-state index contributed by atoms with van der Waals surface area (Å²) in [6, 6.07) is 13.5. The number of furan rings is 1. The predicted octanol–water partition coefficient (Wildman–Crippen LogP) is 3.08. The number of rotatable bonds is 3. The molecule has 1 heterocycles. The third kappa shape index (κ3) is 2.67. The van der Waals surface area contributed by atoms with E-state index in [0.29, 0.717) is 0 Å². The van der Waals surface area contributed by atoms with Gasteiger partial charge in [0, 0.05) is 7.05 Å². The fraction of sp³-hybridized carbons (Fsp3) is 0.0769. The first-order valence-corrected chi connectivity index (χ1v) is 4.99. The van der Waals surface area contributed by atoms with E-state index < -0.39 is 0 Å². The van der Waals surface area contributed by atoms with E-state index in [9.17, 15) is 0 Å². The molecule has 3 heteroatoms. The second-order valence-corrected chi connectivity index (χ2v) is 3.22. The summed E-state index contributed by atoms with van der Waals surface area (Å²) in [5.41, 5.74) is 0.907. The minimum absolute atomic E-state index is 0.721. The number of aliphatic imine (C=N–C) groups is 2. The van der Waals surface area contributed by atoms with Gasteiger partial charge in [-0.1, -0.05) is 18.2 Å². The molecular formula is C13H12N2O. The fourth-order valence-electron chi connectivity index (χ4n) is 1.29. The van der Waals surface area contributed by atoms with E-state index in [2.05, 4.69) is 9.98 Å². The molecule has 0 N–H and O–H groups in total. The standard InChI is InChI=1S/C13H12N2O/c1-14-9-12-7-8-13(16-12)10-15-11-5-3-2-4-6-11/h2-10H,1H3. The maximum Gasteiger partial charge on any atom is 0.145 e. The molecule has 0 amide bonds. The van der Waals surface area contributed by atoms with Gasteiger partial charge in [0.25, 0.3) is 0 Å². The van der Waals surface area contributed by atoms with Gasteiger partial charge in [-0.25, -0.2) is 0 Å². The number of para-hydroxylation sites is 1. The minimum atomic E-state index is 0.721. The number of benzene rings is 1. The van der Waals surface area contributed by atoms with E-state index in [0.717, 1.165) is 17.2 Å². The molecule has 0 saturated heterocycles. The molecule has 0 aliphatic carbocycles. The van der Waals surface area contributed by atoms with Crippen LogP contribution in [0.25, 0.3) is 0 Å². The van der Waals surface area contributed by atoms with Gasteiger partial charge in [-0.3, -0.25) is 9.98 Å². The Kier molecular flexibility index (Phi) is 3.28. The molecule has 0 aliphatic rings. The molecule has 16 heavy (non-hydrogen) atoms. The van der Waals surface area contributed by atoms with Crippen molar-refractivity contribution in [1.29, 1.82) is 0 Å². The zero-order chi connectivity index (χ0) is 11.2. The average molecular weight is 212 g/mol. The first-order chi connectivity index (χ1) is 7.88. The van der Waals surface area contributed by atoms with E-state index in [4.69, 9.17) is 4.42 Å². The monoisotopic (exact) mass is 212 g/mol. The van der Waals surface area contributed by atoms with Crippen LogP contribution in [0.4, 0.5) is 5.69 Å². The molecule has 0 radical (unpaired) electrons. The van der Waals surface area contributed by atoms with Gasteiger partial charge in [0.05, 0.1) is 18.1 Å². The molecule has 1 aromatic carbocycles. The van der Waals surface area contributed by atoms with Gasteiger partial charge in [0.2, 0.25) is 0 Å². The molecule has 1 aromatic heterocycles. The van der Waals surface area contributed by atoms with Crippen molar-refractivity contribution in [3.8, 4) is 0 Å². The van der Waals surface area contributed by atoms with Gasteiger partial charge in [-0.15, -0.1) is 0 Å². The predicted molar refractivity (Wildman–Crippen MR) is 65.9 cm³/mol. The normalized spacial score (nSPS) is 11.6. The Balaban J connectivity index is 2.12. The molecule has 2 aromatic rings. The topological polar surface area (TPSA) is 37.9 Å². The lowest BCUT2D eigenvalue weighted by Gasteiger charge is -1.89. The summed E-state index contributed by atoms with van der Waals surface area (Å²) in [6.45, 7) is 0. The summed E-state index contributed by atoms with van der Waals surface area (Å²) >= 11 is 0. The van der Waals surface area contributed by atoms with Gasteiger partial charge in [-0.2, -0.15) is 0 Å². The number of hydrogen-bond acceptors (Lipinski definition) is 3. The molecule has 2 rings (SSSR count). The van der Waals surface area contributed by atoms with E-state index in [1.165, 1.54) is 0 Å². The average Bonchev–Trinajstić information content (AvgIpc) is 2.76. The fourth-order valence-corrected chi connectivity index (χ4v) is 1.29. The number of nitrogens with zero attached hydrogens (tertiary/aromatic N) is 2. The van der Waals surface area contributed by atoms with Crippen molar-refractivity contribution in [2.24, 2.45) is 9.98 Å². The summed E-state index contributed by atoms with van der Waals surface area (Å²) in [7, 11) is 1.71. The Hall–Kier alpha value is -2.16. The molecule has 80 valence electrons. The highest BCUT2D eigenvalue weighted by atomic mass is 16.3. The molecule has 0 unspecified atom stereocenters. The van der Waals surface area contributed by atoms with Gasteiger partial charge in [-0.05, 0) is 24.3 Å². The summed E-state index contributed by atoms with van der Waals surface area (Å²) < 4.78 is 5.45. The highest BCUT2D eigenvalue weighted by molar-refractivity contribution is 5.82.